The molecule has 0 spiro atoms. The van der Waals surface area contributed by atoms with Crippen LogP contribution < -0.4 is 9.64 Å². The number of benzene rings is 1. The molecule has 0 amide bonds. The van der Waals surface area contributed by atoms with Crippen molar-refractivity contribution in [1.82, 2.24) is 15.0 Å². The zero-order chi connectivity index (χ0) is 23.3. The molecule has 0 N–H and O–H groups in total. The summed E-state index contributed by atoms with van der Waals surface area (Å²) in [5.74, 6) is 1.92. The normalized spacial score (nSPS) is 14.9. The lowest BCUT2D eigenvalue weighted by atomic mass is 9.90. The molecule has 174 valence electrons. The van der Waals surface area contributed by atoms with Gasteiger partial charge in [0.15, 0.2) is 9.84 Å². The molecule has 0 bridgehead atoms. The van der Waals surface area contributed by atoms with E-state index in [4.69, 9.17) is 4.74 Å². The fourth-order valence-corrected chi connectivity index (χ4v) is 4.68. The molecule has 1 aliphatic heterocycles. The highest BCUT2D eigenvalue weighted by Gasteiger charge is 2.22. The lowest BCUT2D eigenvalue weighted by Crippen LogP contribution is -2.34. The second-order valence-corrected chi connectivity index (χ2v) is 10.5. The Balaban J connectivity index is 1.28. The molecular formula is C25H30N4O3S. The summed E-state index contributed by atoms with van der Waals surface area (Å²) >= 11 is 0. The zero-order valence-corrected chi connectivity index (χ0v) is 20.0. The lowest BCUT2D eigenvalue weighted by molar-refractivity contribution is 0.301. The number of piperidine rings is 1. The Labute approximate surface area is 195 Å². The van der Waals surface area contributed by atoms with Gasteiger partial charge in [0.1, 0.15) is 12.4 Å². The Kier molecular flexibility index (Phi) is 7.23. The number of ether oxygens (including phenoxy) is 1. The van der Waals surface area contributed by atoms with E-state index in [2.05, 4.69) is 32.8 Å². The Morgan fingerprint density at radius 2 is 1.67 bits per heavy atom. The van der Waals surface area contributed by atoms with E-state index in [-0.39, 0.29) is 4.90 Å². The molecule has 33 heavy (non-hydrogen) atoms. The molecule has 0 radical (unpaired) electrons. The topological polar surface area (TPSA) is 85.3 Å². The minimum Gasteiger partial charge on any atom is -0.487 e. The van der Waals surface area contributed by atoms with Crippen LogP contribution in [-0.4, -0.2) is 42.7 Å². The molecule has 7 nitrogen and oxygen atoms in total. The second kappa shape index (κ2) is 10.3. The van der Waals surface area contributed by atoms with Crippen LogP contribution in [0.15, 0.2) is 59.9 Å². The molecule has 1 aromatic carbocycles. The summed E-state index contributed by atoms with van der Waals surface area (Å²) in [5.41, 5.74) is 3.27. The SMILES string of the molecule is CCCc1cnc(N2CCC(c3ccc(COc4ccc(S(C)(=O)=O)cc4)nc3)CC2)nc1. The van der Waals surface area contributed by atoms with E-state index in [1.165, 1.54) is 17.4 Å². The summed E-state index contributed by atoms with van der Waals surface area (Å²) in [6.07, 6.45) is 11.2. The first-order chi connectivity index (χ1) is 15.9. The second-order valence-electron chi connectivity index (χ2n) is 8.52. The van der Waals surface area contributed by atoms with Crippen molar-refractivity contribution >= 4 is 15.8 Å². The highest BCUT2D eigenvalue weighted by Crippen LogP contribution is 2.29. The summed E-state index contributed by atoms with van der Waals surface area (Å²) < 4.78 is 28.9. The van der Waals surface area contributed by atoms with Gasteiger partial charge in [0.25, 0.3) is 0 Å². The number of rotatable bonds is 8. The Morgan fingerprint density at radius 3 is 2.24 bits per heavy atom. The van der Waals surface area contributed by atoms with E-state index in [0.717, 1.165) is 50.4 Å². The van der Waals surface area contributed by atoms with Gasteiger partial charge in [-0.25, -0.2) is 18.4 Å². The van der Waals surface area contributed by atoms with E-state index < -0.39 is 9.84 Å². The van der Waals surface area contributed by atoms with Crippen molar-refractivity contribution < 1.29 is 13.2 Å². The third kappa shape index (κ3) is 6.07. The van der Waals surface area contributed by atoms with Crippen LogP contribution in [-0.2, 0) is 22.9 Å². The molecule has 3 aromatic rings. The lowest BCUT2D eigenvalue weighted by Gasteiger charge is -2.32. The fourth-order valence-electron chi connectivity index (χ4n) is 4.04. The highest BCUT2D eigenvalue weighted by atomic mass is 32.2. The van der Waals surface area contributed by atoms with Gasteiger partial charge < -0.3 is 9.64 Å². The van der Waals surface area contributed by atoms with E-state index in [9.17, 15) is 8.42 Å². The van der Waals surface area contributed by atoms with E-state index in [1.807, 2.05) is 24.7 Å². The minimum atomic E-state index is -3.20. The smallest absolute Gasteiger partial charge is 0.225 e. The molecule has 0 saturated carbocycles. The molecule has 0 atom stereocenters. The summed E-state index contributed by atoms with van der Waals surface area (Å²) in [5, 5.41) is 0. The van der Waals surface area contributed by atoms with Crippen LogP contribution in [0.5, 0.6) is 5.75 Å². The first-order valence-electron chi connectivity index (χ1n) is 11.4. The molecule has 1 aliphatic rings. The third-order valence-electron chi connectivity index (χ3n) is 5.97. The number of nitrogens with zero attached hydrogens (tertiary/aromatic N) is 4. The summed E-state index contributed by atoms with van der Waals surface area (Å²) in [7, 11) is -3.20. The maximum atomic E-state index is 11.6. The molecule has 2 aromatic heterocycles. The van der Waals surface area contributed by atoms with Crippen molar-refractivity contribution in [3.8, 4) is 5.75 Å². The Hall–Kier alpha value is -3.00. The minimum absolute atomic E-state index is 0.281. The van der Waals surface area contributed by atoms with Gasteiger partial charge in [0.05, 0.1) is 10.6 Å². The average molecular weight is 467 g/mol. The van der Waals surface area contributed by atoms with Crippen molar-refractivity contribution in [2.75, 3.05) is 24.2 Å². The van der Waals surface area contributed by atoms with Gasteiger partial charge in [-0.15, -0.1) is 0 Å². The first kappa shape index (κ1) is 23.2. The van der Waals surface area contributed by atoms with Gasteiger partial charge in [-0.2, -0.15) is 0 Å². The third-order valence-corrected chi connectivity index (χ3v) is 7.09. The monoisotopic (exact) mass is 466 g/mol. The Morgan fingerprint density at radius 1 is 0.970 bits per heavy atom. The van der Waals surface area contributed by atoms with Gasteiger partial charge >= 0.3 is 0 Å². The van der Waals surface area contributed by atoms with Gasteiger partial charge in [0.2, 0.25) is 5.95 Å². The maximum absolute atomic E-state index is 11.6. The van der Waals surface area contributed by atoms with Gasteiger partial charge in [0, 0.05) is 37.9 Å². The van der Waals surface area contributed by atoms with Gasteiger partial charge in [-0.1, -0.05) is 19.4 Å². The maximum Gasteiger partial charge on any atom is 0.225 e. The van der Waals surface area contributed by atoms with Crippen molar-refractivity contribution in [2.45, 2.75) is 50.0 Å². The average Bonchev–Trinajstić information content (AvgIpc) is 2.84. The molecular weight excluding hydrogens is 436 g/mol. The molecule has 1 fully saturated rings. The highest BCUT2D eigenvalue weighted by molar-refractivity contribution is 7.90. The van der Waals surface area contributed by atoms with Crippen LogP contribution in [0.2, 0.25) is 0 Å². The summed E-state index contributed by atoms with van der Waals surface area (Å²) in [6, 6.07) is 10.6. The van der Waals surface area contributed by atoms with E-state index >= 15 is 0 Å². The van der Waals surface area contributed by atoms with Crippen molar-refractivity contribution in [3.63, 3.8) is 0 Å². The number of aryl methyl sites for hydroxylation is 1. The van der Waals surface area contributed by atoms with Crippen LogP contribution in [0.4, 0.5) is 5.95 Å². The Bertz CT molecular complexity index is 1140. The molecule has 8 heteroatoms. The molecule has 3 heterocycles. The predicted octanol–water partition coefficient (Wildman–Crippen LogP) is 4.19. The van der Waals surface area contributed by atoms with Crippen molar-refractivity contribution in [2.24, 2.45) is 0 Å². The fraction of sp³-hybridized carbons (Fsp3) is 0.400. The van der Waals surface area contributed by atoms with Crippen LogP contribution in [0, 0.1) is 0 Å². The van der Waals surface area contributed by atoms with Crippen LogP contribution in [0.3, 0.4) is 0 Å². The van der Waals surface area contributed by atoms with Crippen molar-refractivity contribution in [1.29, 1.82) is 0 Å². The summed E-state index contributed by atoms with van der Waals surface area (Å²) in [4.78, 5) is 16.2. The molecule has 4 rings (SSSR count). The number of aromatic nitrogens is 3. The zero-order valence-electron chi connectivity index (χ0n) is 19.1. The quantitative estimate of drug-likeness (QED) is 0.492. The number of anilines is 1. The van der Waals surface area contributed by atoms with Crippen LogP contribution >= 0.6 is 0 Å². The number of pyridine rings is 1. The largest absolute Gasteiger partial charge is 0.487 e. The first-order valence-corrected chi connectivity index (χ1v) is 13.2. The standard InChI is InChI=1S/C25H30N4O3S/c1-3-4-19-15-27-25(28-16-19)29-13-11-20(12-14-29)21-5-6-22(26-17-21)18-32-23-7-9-24(10-8-23)33(2,30)31/h5-10,15-17,20H,3-4,11-14,18H2,1-2H3. The van der Waals surface area contributed by atoms with E-state index in [1.54, 1.807) is 24.3 Å². The van der Waals surface area contributed by atoms with Crippen LogP contribution in [0.25, 0.3) is 0 Å². The van der Waals surface area contributed by atoms with Gasteiger partial charge in [-0.3, -0.25) is 4.98 Å². The molecule has 0 aliphatic carbocycles. The van der Waals surface area contributed by atoms with Crippen LogP contribution in [0.1, 0.15) is 48.9 Å². The summed E-state index contributed by atoms with van der Waals surface area (Å²) in [6.45, 7) is 4.37. The van der Waals surface area contributed by atoms with E-state index in [0.29, 0.717) is 18.3 Å². The van der Waals surface area contributed by atoms with Crippen molar-refractivity contribution in [3.05, 3.63) is 71.8 Å². The number of hydrogen-bond donors (Lipinski definition) is 0. The predicted molar refractivity (Wildman–Crippen MR) is 128 cm³/mol. The molecule has 1 saturated heterocycles. The van der Waals surface area contributed by atoms with Gasteiger partial charge in [-0.05, 0) is 66.6 Å². The molecule has 0 unspecified atom stereocenters. The number of hydrogen-bond acceptors (Lipinski definition) is 7. The number of sulfone groups is 1.